The zero-order valence-electron chi connectivity index (χ0n) is 13.6. The van der Waals surface area contributed by atoms with Crippen molar-refractivity contribution in [2.75, 3.05) is 41.5 Å². The third-order valence-electron chi connectivity index (χ3n) is 4.40. The highest BCUT2D eigenvalue weighted by Gasteiger charge is 2.18. The minimum Gasteiger partial charge on any atom is -0.493 e. The summed E-state index contributed by atoms with van der Waals surface area (Å²) in [4.78, 5) is 2.41. The molecule has 2 rings (SSSR count). The van der Waals surface area contributed by atoms with Crippen LogP contribution < -0.4 is 14.2 Å². The van der Waals surface area contributed by atoms with Gasteiger partial charge in [0.1, 0.15) is 0 Å². The first-order valence-corrected chi connectivity index (χ1v) is 7.65. The molecule has 1 fully saturated rings. The van der Waals surface area contributed by atoms with Crippen molar-refractivity contribution in [3.63, 3.8) is 0 Å². The van der Waals surface area contributed by atoms with E-state index >= 15 is 0 Å². The number of piperidine rings is 1. The highest BCUT2D eigenvalue weighted by molar-refractivity contribution is 5.53. The van der Waals surface area contributed by atoms with Gasteiger partial charge in [0.2, 0.25) is 5.75 Å². The van der Waals surface area contributed by atoms with Gasteiger partial charge in [0, 0.05) is 0 Å². The van der Waals surface area contributed by atoms with Crippen molar-refractivity contribution in [3.05, 3.63) is 17.7 Å². The van der Waals surface area contributed by atoms with E-state index in [1.807, 2.05) is 0 Å². The van der Waals surface area contributed by atoms with Crippen LogP contribution in [0.4, 0.5) is 0 Å². The van der Waals surface area contributed by atoms with Crippen molar-refractivity contribution in [2.24, 2.45) is 5.92 Å². The minimum atomic E-state index is 0.669. The van der Waals surface area contributed by atoms with E-state index in [0.717, 1.165) is 23.8 Å². The van der Waals surface area contributed by atoms with Gasteiger partial charge in [0.15, 0.2) is 11.5 Å². The summed E-state index contributed by atoms with van der Waals surface area (Å²) >= 11 is 0. The first-order chi connectivity index (χ1) is 10.2. The number of benzene rings is 1. The van der Waals surface area contributed by atoms with E-state index < -0.39 is 0 Å². The average Bonchev–Trinajstić information content (AvgIpc) is 2.53. The van der Waals surface area contributed by atoms with Gasteiger partial charge in [-0.3, -0.25) is 0 Å². The molecule has 0 amide bonds. The summed E-state index contributed by atoms with van der Waals surface area (Å²) in [6, 6.07) is 4.13. The molecule has 21 heavy (non-hydrogen) atoms. The van der Waals surface area contributed by atoms with Crippen molar-refractivity contribution in [3.8, 4) is 17.2 Å². The van der Waals surface area contributed by atoms with Gasteiger partial charge in [-0.1, -0.05) is 0 Å². The van der Waals surface area contributed by atoms with Gasteiger partial charge >= 0.3 is 0 Å². The molecule has 0 spiro atoms. The fraction of sp³-hybridized carbons (Fsp3) is 0.647. The molecular weight excluding hydrogens is 266 g/mol. The number of hydrogen-bond acceptors (Lipinski definition) is 4. The molecule has 0 saturated carbocycles. The zero-order chi connectivity index (χ0) is 15.2. The van der Waals surface area contributed by atoms with Crippen LogP contribution in [0.25, 0.3) is 0 Å². The number of rotatable bonds is 6. The van der Waals surface area contributed by atoms with Gasteiger partial charge in [-0.15, -0.1) is 0 Å². The molecule has 1 aromatic rings. The minimum absolute atomic E-state index is 0.669. The van der Waals surface area contributed by atoms with Gasteiger partial charge in [0.25, 0.3) is 0 Å². The van der Waals surface area contributed by atoms with E-state index in [-0.39, 0.29) is 0 Å². The topological polar surface area (TPSA) is 30.9 Å². The Labute approximate surface area is 128 Å². The van der Waals surface area contributed by atoms with Crippen molar-refractivity contribution >= 4 is 0 Å². The molecule has 4 heteroatoms. The van der Waals surface area contributed by atoms with Crippen molar-refractivity contribution in [2.45, 2.75) is 25.7 Å². The molecule has 4 nitrogen and oxygen atoms in total. The highest BCUT2D eigenvalue weighted by Crippen LogP contribution is 2.38. The summed E-state index contributed by atoms with van der Waals surface area (Å²) in [5.41, 5.74) is 1.25. The quantitative estimate of drug-likeness (QED) is 0.807. The Kier molecular flexibility index (Phi) is 5.74. The summed E-state index contributed by atoms with van der Waals surface area (Å²) in [5.74, 6) is 2.99. The first-order valence-electron chi connectivity index (χ1n) is 7.65. The second-order valence-corrected chi connectivity index (χ2v) is 5.82. The van der Waals surface area contributed by atoms with Crippen molar-refractivity contribution < 1.29 is 14.2 Å². The van der Waals surface area contributed by atoms with E-state index in [0.29, 0.717) is 5.75 Å². The Morgan fingerprint density at radius 3 is 2.05 bits per heavy atom. The molecule has 0 atom stereocenters. The lowest BCUT2D eigenvalue weighted by Gasteiger charge is -2.29. The fourth-order valence-electron chi connectivity index (χ4n) is 3.00. The molecule has 0 bridgehead atoms. The predicted octanol–water partition coefficient (Wildman–Crippen LogP) is 2.99. The van der Waals surface area contributed by atoms with Gasteiger partial charge in [-0.05, 0) is 69.4 Å². The largest absolute Gasteiger partial charge is 0.493 e. The third-order valence-corrected chi connectivity index (χ3v) is 4.40. The molecule has 0 unspecified atom stereocenters. The third kappa shape index (κ3) is 4.03. The van der Waals surface area contributed by atoms with Gasteiger partial charge in [0.05, 0.1) is 21.3 Å². The maximum Gasteiger partial charge on any atom is 0.203 e. The smallest absolute Gasteiger partial charge is 0.203 e. The lowest BCUT2D eigenvalue weighted by atomic mass is 9.90. The molecule has 1 aliphatic rings. The van der Waals surface area contributed by atoms with Crippen LogP contribution in [0.2, 0.25) is 0 Å². The van der Waals surface area contributed by atoms with Crippen LogP contribution in [-0.2, 0) is 6.42 Å². The average molecular weight is 293 g/mol. The number of aryl methyl sites for hydroxylation is 1. The van der Waals surface area contributed by atoms with Crippen LogP contribution in [0.3, 0.4) is 0 Å². The monoisotopic (exact) mass is 293 g/mol. The van der Waals surface area contributed by atoms with E-state index in [9.17, 15) is 0 Å². The molecule has 0 radical (unpaired) electrons. The molecule has 1 aliphatic heterocycles. The van der Waals surface area contributed by atoms with E-state index in [1.165, 1.54) is 37.9 Å². The zero-order valence-corrected chi connectivity index (χ0v) is 13.6. The van der Waals surface area contributed by atoms with Crippen LogP contribution in [0.15, 0.2) is 12.1 Å². The molecule has 1 heterocycles. The van der Waals surface area contributed by atoms with Crippen LogP contribution in [0.5, 0.6) is 17.2 Å². The van der Waals surface area contributed by atoms with Crippen LogP contribution in [-0.4, -0.2) is 46.4 Å². The molecule has 0 aromatic heterocycles. The van der Waals surface area contributed by atoms with Crippen LogP contribution in [0.1, 0.15) is 24.8 Å². The Morgan fingerprint density at radius 1 is 1.00 bits per heavy atom. The fourth-order valence-corrected chi connectivity index (χ4v) is 3.00. The molecule has 1 aromatic carbocycles. The first kappa shape index (κ1) is 16.0. The maximum absolute atomic E-state index is 5.41. The molecule has 118 valence electrons. The van der Waals surface area contributed by atoms with E-state index in [4.69, 9.17) is 14.2 Å². The summed E-state index contributed by atoms with van der Waals surface area (Å²) < 4.78 is 16.2. The number of ether oxygens (including phenoxy) is 3. The molecular formula is C17H27NO3. The maximum atomic E-state index is 5.41. The van der Waals surface area contributed by atoms with Crippen molar-refractivity contribution in [1.82, 2.24) is 4.90 Å². The standard InChI is InChI=1S/C17H27NO3/c1-18-9-7-13(8-10-18)5-6-14-11-15(19-2)17(21-4)16(12-14)20-3/h11-13H,5-10H2,1-4H3. The Bertz CT molecular complexity index is 428. The lowest BCUT2D eigenvalue weighted by molar-refractivity contribution is 0.212. The summed E-state index contributed by atoms with van der Waals surface area (Å²) in [6.45, 7) is 2.44. The number of nitrogens with zero attached hydrogens (tertiary/aromatic N) is 1. The second kappa shape index (κ2) is 7.55. The number of methoxy groups -OCH3 is 3. The SMILES string of the molecule is COc1cc(CCC2CCN(C)CC2)cc(OC)c1OC. The predicted molar refractivity (Wildman–Crippen MR) is 84.6 cm³/mol. The lowest BCUT2D eigenvalue weighted by Crippen LogP contribution is -2.30. The van der Waals surface area contributed by atoms with E-state index in [2.05, 4.69) is 24.1 Å². The molecule has 0 aliphatic carbocycles. The molecule has 1 saturated heterocycles. The number of likely N-dealkylation sites (tertiary alicyclic amines) is 1. The number of hydrogen-bond donors (Lipinski definition) is 0. The Balaban J connectivity index is 2.02. The van der Waals surface area contributed by atoms with Crippen LogP contribution >= 0.6 is 0 Å². The second-order valence-electron chi connectivity index (χ2n) is 5.82. The summed E-state index contributed by atoms with van der Waals surface area (Å²) in [5, 5.41) is 0. The van der Waals surface area contributed by atoms with E-state index in [1.54, 1.807) is 21.3 Å². The highest BCUT2D eigenvalue weighted by atomic mass is 16.5. The normalized spacial score (nSPS) is 16.8. The summed E-state index contributed by atoms with van der Waals surface area (Å²) in [7, 11) is 7.17. The Morgan fingerprint density at radius 2 is 1.57 bits per heavy atom. The van der Waals surface area contributed by atoms with Gasteiger partial charge < -0.3 is 19.1 Å². The van der Waals surface area contributed by atoms with Crippen LogP contribution in [0, 0.1) is 5.92 Å². The van der Waals surface area contributed by atoms with Crippen molar-refractivity contribution in [1.29, 1.82) is 0 Å². The van der Waals surface area contributed by atoms with Gasteiger partial charge in [-0.2, -0.15) is 0 Å². The Hall–Kier alpha value is -1.42. The van der Waals surface area contributed by atoms with Gasteiger partial charge in [-0.25, -0.2) is 0 Å². The summed E-state index contributed by atoms with van der Waals surface area (Å²) in [6.07, 6.45) is 4.90. The molecule has 0 N–H and O–H groups in total.